The van der Waals surface area contributed by atoms with E-state index in [1.807, 2.05) is 30.3 Å². The Hall–Kier alpha value is -1.72. The van der Waals surface area contributed by atoms with Gasteiger partial charge in [-0.3, -0.25) is 0 Å². The third kappa shape index (κ3) is 4.15. The van der Waals surface area contributed by atoms with E-state index in [0.29, 0.717) is 12.5 Å². The molecule has 0 saturated heterocycles. The van der Waals surface area contributed by atoms with Gasteiger partial charge in [0.25, 0.3) is 0 Å². The van der Waals surface area contributed by atoms with E-state index >= 15 is 0 Å². The molecule has 0 saturated carbocycles. The Kier molecular flexibility index (Phi) is 5.06. The lowest BCUT2D eigenvalue weighted by atomic mass is 10.1. The summed E-state index contributed by atoms with van der Waals surface area (Å²) in [6.07, 6.45) is 2.60. The fraction of sp³-hybridized carbons (Fsp3) is 0.429. The van der Waals surface area contributed by atoms with Gasteiger partial charge in [0, 0.05) is 13.2 Å². The van der Waals surface area contributed by atoms with E-state index in [2.05, 4.69) is 22.4 Å². The van der Waals surface area contributed by atoms with Gasteiger partial charge in [-0.1, -0.05) is 25.1 Å². The summed E-state index contributed by atoms with van der Waals surface area (Å²) in [5.41, 5.74) is 1.88. The van der Waals surface area contributed by atoms with Crippen LogP contribution in [0.1, 0.15) is 19.0 Å². The lowest BCUT2D eigenvalue weighted by molar-refractivity contribution is 0.260. The normalized spacial score (nSPS) is 12.5. The maximum absolute atomic E-state index is 8.83. The van der Waals surface area contributed by atoms with Crippen molar-refractivity contribution in [2.45, 2.75) is 19.9 Å². The molecular formula is C14H20N4O. The molecule has 0 fully saturated rings. The second kappa shape index (κ2) is 7.01. The first-order valence-corrected chi connectivity index (χ1v) is 6.58. The Labute approximate surface area is 113 Å². The first-order valence-electron chi connectivity index (χ1n) is 6.58. The van der Waals surface area contributed by atoms with Crippen LogP contribution in [0.3, 0.4) is 0 Å². The molecule has 2 aromatic rings. The summed E-state index contributed by atoms with van der Waals surface area (Å²) >= 11 is 0. The zero-order valence-corrected chi connectivity index (χ0v) is 11.2. The van der Waals surface area contributed by atoms with Crippen molar-refractivity contribution in [2.75, 3.05) is 13.2 Å². The molecule has 0 radical (unpaired) electrons. The Bertz CT molecular complexity index is 483. The van der Waals surface area contributed by atoms with Crippen molar-refractivity contribution in [1.29, 1.82) is 0 Å². The van der Waals surface area contributed by atoms with Crippen molar-refractivity contribution >= 4 is 0 Å². The van der Waals surface area contributed by atoms with Crippen LogP contribution in [-0.4, -0.2) is 33.3 Å². The lowest BCUT2D eigenvalue weighted by Gasteiger charge is -2.09. The number of para-hydroxylation sites is 1. The van der Waals surface area contributed by atoms with Crippen LogP contribution in [0.4, 0.5) is 0 Å². The van der Waals surface area contributed by atoms with Gasteiger partial charge in [0.05, 0.1) is 17.6 Å². The molecule has 1 aromatic carbocycles. The van der Waals surface area contributed by atoms with Crippen molar-refractivity contribution in [3.63, 3.8) is 0 Å². The molecule has 1 unspecified atom stereocenters. The Morgan fingerprint density at radius 2 is 2.11 bits per heavy atom. The van der Waals surface area contributed by atoms with E-state index in [1.54, 1.807) is 11.0 Å². The maximum Gasteiger partial charge on any atom is 0.0969 e. The van der Waals surface area contributed by atoms with Gasteiger partial charge in [0.1, 0.15) is 0 Å². The average molecular weight is 260 g/mol. The van der Waals surface area contributed by atoms with Gasteiger partial charge in [0.15, 0.2) is 0 Å². The topological polar surface area (TPSA) is 63.0 Å². The fourth-order valence-electron chi connectivity index (χ4n) is 1.83. The summed E-state index contributed by atoms with van der Waals surface area (Å²) in [5.74, 6) is 0.467. The van der Waals surface area contributed by atoms with Gasteiger partial charge >= 0.3 is 0 Å². The van der Waals surface area contributed by atoms with Gasteiger partial charge in [-0.05, 0) is 31.0 Å². The molecule has 1 aromatic heterocycles. The molecule has 102 valence electrons. The molecule has 1 heterocycles. The summed E-state index contributed by atoms with van der Waals surface area (Å²) in [6, 6.07) is 9.85. The predicted octanol–water partition coefficient (Wildman–Crippen LogP) is 1.38. The molecule has 0 spiro atoms. The average Bonchev–Trinajstić information content (AvgIpc) is 2.89. The Balaban J connectivity index is 1.85. The number of aromatic nitrogens is 3. The van der Waals surface area contributed by atoms with Crippen molar-refractivity contribution in [3.8, 4) is 5.69 Å². The number of hydrogen-bond donors (Lipinski definition) is 2. The third-order valence-electron chi connectivity index (χ3n) is 2.95. The molecule has 5 nitrogen and oxygen atoms in total. The molecule has 0 bridgehead atoms. The van der Waals surface area contributed by atoms with E-state index in [4.69, 9.17) is 5.11 Å². The number of nitrogens with zero attached hydrogens (tertiary/aromatic N) is 3. The number of aliphatic hydroxyl groups excluding tert-OH is 1. The number of rotatable bonds is 7. The Morgan fingerprint density at radius 1 is 1.32 bits per heavy atom. The molecule has 2 N–H and O–H groups in total. The highest BCUT2D eigenvalue weighted by atomic mass is 16.3. The fourth-order valence-corrected chi connectivity index (χ4v) is 1.83. The number of aliphatic hydroxyl groups is 1. The van der Waals surface area contributed by atoms with Crippen molar-refractivity contribution in [2.24, 2.45) is 5.92 Å². The smallest absolute Gasteiger partial charge is 0.0969 e. The summed E-state index contributed by atoms with van der Waals surface area (Å²) in [5, 5.41) is 20.8. The molecule has 0 aliphatic rings. The Morgan fingerprint density at radius 3 is 2.84 bits per heavy atom. The maximum atomic E-state index is 8.83. The van der Waals surface area contributed by atoms with Crippen molar-refractivity contribution in [3.05, 3.63) is 42.2 Å². The monoisotopic (exact) mass is 260 g/mol. The van der Waals surface area contributed by atoms with E-state index < -0.39 is 0 Å². The van der Waals surface area contributed by atoms with Crippen LogP contribution in [0.2, 0.25) is 0 Å². The largest absolute Gasteiger partial charge is 0.396 e. The van der Waals surface area contributed by atoms with Crippen molar-refractivity contribution < 1.29 is 5.11 Å². The summed E-state index contributed by atoms with van der Waals surface area (Å²) in [7, 11) is 0. The van der Waals surface area contributed by atoms with Crippen LogP contribution in [0, 0.1) is 5.92 Å². The zero-order chi connectivity index (χ0) is 13.5. The minimum atomic E-state index is 0.243. The number of nitrogens with one attached hydrogen (secondary N) is 1. The highest BCUT2D eigenvalue weighted by Crippen LogP contribution is 2.04. The summed E-state index contributed by atoms with van der Waals surface area (Å²) < 4.78 is 0. The lowest BCUT2D eigenvalue weighted by Crippen LogP contribution is -2.21. The summed E-state index contributed by atoms with van der Waals surface area (Å²) in [4.78, 5) is 1.63. The first kappa shape index (κ1) is 13.7. The third-order valence-corrected chi connectivity index (χ3v) is 2.95. The van der Waals surface area contributed by atoms with Crippen LogP contribution < -0.4 is 5.32 Å². The van der Waals surface area contributed by atoms with Crippen molar-refractivity contribution in [1.82, 2.24) is 20.3 Å². The van der Waals surface area contributed by atoms with E-state index in [1.165, 1.54) is 0 Å². The van der Waals surface area contributed by atoms with Crippen LogP contribution in [-0.2, 0) is 6.54 Å². The quantitative estimate of drug-likeness (QED) is 0.789. The molecule has 0 aliphatic heterocycles. The van der Waals surface area contributed by atoms with Gasteiger partial charge in [-0.2, -0.15) is 15.0 Å². The van der Waals surface area contributed by atoms with Crippen LogP contribution in [0.25, 0.3) is 5.69 Å². The summed E-state index contributed by atoms with van der Waals surface area (Å²) in [6.45, 7) is 3.93. The molecule has 19 heavy (non-hydrogen) atoms. The minimum absolute atomic E-state index is 0.243. The van der Waals surface area contributed by atoms with Gasteiger partial charge in [-0.25, -0.2) is 0 Å². The van der Waals surface area contributed by atoms with Gasteiger partial charge < -0.3 is 10.4 Å². The number of benzene rings is 1. The van der Waals surface area contributed by atoms with E-state index in [-0.39, 0.29) is 6.61 Å². The zero-order valence-electron chi connectivity index (χ0n) is 11.2. The van der Waals surface area contributed by atoms with Crippen LogP contribution in [0.5, 0.6) is 0 Å². The standard InChI is InChI=1S/C14H20N4O/c1-12(7-8-19)9-15-10-13-11-16-18(17-13)14-5-3-2-4-6-14/h2-6,11-12,15,19H,7-10H2,1H3. The molecule has 0 amide bonds. The molecular weight excluding hydrogens is 240 g/mol. The predicted molar refractivity (Wildman–Crippen MR) is 73.9 cm³/mol. The second-order valence-corrected chi connectivity index (χ2v) is 4.71. The molecule has 2 rings (SSSR count). The van der Waals surface area contributed by atoms with E-state index in [9.17, 15) is 0 Å². The highest BCUT2D eigenvalue weighted by molar-refractivity contribution is 5.28. The minimum Gasteiger partial charge on any atom is -0.396 e. The van der Waals surface area contributed by atoms with Gasteiger partial charge in [0.2, 0.25) is 0 Å². The van der Waals surface area contributed by atoms with Gasteiger partial charge in [-0.15, -0.1) is 0 Å². The van der Waals surface area contributed by atoms with Crippen LogP contribution in [0.15, 0.2) is 36.5 Å². The van der Waals surface area contributed by atoms with Crippen LogP contribution >= 0.6 is 0 Å². The molecule has 1 atom stereocenters. The SMILES string of the molecule is CC(CCO)CNCc1cnn(-c2ccccc2)n1. The molecule has 0 aliphatic carbocycles. The number of hydrogen-bond acceptors (Lipinski definition) is 4. The second-order valence-electron chi connectivity index (χ2n) is 4.71. The molecule has 5 heteroatoms. The van der Waals surface area contributed by atoms with E-state index in [0.717, 1.165) is 24.3 Å². The highest BCUT2D eigenvalue weighted by Gasteiger charge is 2.04. The first-order chi connectivity index (χ1) is 9.29.